The van der Waals surface area contributed by atoms with Gasteiger partial charge in [-0.25, -0.2) is 0 Å². The molecule has 0 spiro atoms. The van der Waals surface area contributed by atoms with Crippen LogP contribution in [0.1, 0.15) is 26.7 Å². The first kappa shape index (κ1) is 7.33. The van der Waals surface area contributed by atoms with Crippen molar-refractivity contribution in [3.63, 3.8) is 0 Å². The Kier molecular flexibility index (Phi) is 2.49. The van der Waals surface area contributed by atoms with Crippen LogP contribution in [0.4, 0.5) is 0 Å². The molecule has 0 saturated carbocycles. The van der Waals surface area contributed by atoms with E-state index in [1.165, 1.54) is 24.0 Å². The zero-order valence-corrected chi connectivity index (χ0v) is 6.72. The molecule has 0 amide bonds. The molecule has 10 heavy (non-hydrogen) atoms. The number of allylic oxidation sites excluding steroid dienone is 6. The lowest BCUT2D eigenvalue weighted by Gasteiger charge is -2.07. The predicted molar refractivity (Wildman–Crippen MR) is 45.9 cm³/mol. The Labute approximate surface area is 62.9 Å². The summed E-state index contributed by atoms with van der Waals surface area (Å²) in [5.41, 5.74) is 2.95. The Balaban J connectivity index is 2.64. The van der Waals surface area contributed by atoms with Gasteiger partial charge in [-0.05, 0) is 32.3 Å². The van der Waals surface area contributed by atoms with Crippen molar-refractivity contribution in [3.05, 3.63) is 35.5 Å². The summed E-state index contributed by atoms with van der Waals surface area (Å²) in [7, 11) is 0. The van der Waals surface area contributed by atoms with Crippen molar-refractivity contribution in [1.82, 2.24) is 0 Å². The second-order valence-electron chi connectivity index (χ2n) is 2.75. The van der Waals surface area contributed by atoms with Gasteiger partial charge >= 0.3 is 0 Å². The summed E-state index contributed by atoms with van der Waals surface area (Å²) < 4.78 is 0. The average molecular weight is 134 g/mol. The van der Waals surface area contributed by atoms with Crippen molar-refractivity contribution < 1.29 is 0 Å². The van der Waals surface area contributed by atoms with Gasteiger partial charge in [0.1, 0.15) is 0 Å². The van der Waals surface area contributed by atoms with Crippen molar-refractivity contribution in [2.75, 3.05) is 0 Å². The third kappa shape index (κ3) is 1.87. The minimum Gasteiger partial charge on any atom is -0.0874 e. The van der Waals surface area contributed by atoms with E-state index in [1.807, 2.05) is 0 Å². The van der Waals surface area contributed by atoms with E-state index in [0.29, 0.717) is 0 Å². The molecular formula is C10H14. The van der Waals surface area contributed by atoms with Gasteiger partial charge in [0.2, 0.25) is 0 Å². The highest BCUT2D eigenvalue weighted by Crippen LogP contribution is 2.17. The summed E-state index contributed by atoms with van der Waals surface area (Å²) in [6.07, 6.45) is 11.1. The first-order valence-electron chi connectivity index (χ1n) is 3.82. The largest absolute Gasteiger partial charge is 0.0874 e. The van der Waals surface area contributed by atoms with E-state index in [2.05, 4.69) is 38.2 Å². The van der Waals surface area contributed by atoms with Crippen LogP contribution in [-0.4, -0.2) is 0 Å². The third-order valence-corrected chi connectivity index (χ3v) is 1.77. The van der Waals surface area contributed by atoms with Gasteiger partial charge in [-0.15, -0.1) is 0 Å². The van der Waals surface area contributed by atoms with Crippen molar-refractivity contribution in [2.45, 2.75) is 26.7 Å². The summed E-state index contributed by atoms with van der Waals surface area (Å²) in [6.45, 7) is 4.24. The summed E-state index contributed by atoms with van der Waals surface area (Å²) >= 11 is 0. The molecule has 0 unspecified atom stereocenters. The van der Waals surface area contributed by atoms with Gasteiger partial charge < -0.3 is 0 Å². The molecule has 0 saturated heterocycles. The molecule has 0 aromatic heterocycles. The standard InChI is InChI=1S/C10H14/c1-3-4-10-7-5-9(2)6-8-10/h3-5,7H,6,8H2,1-2H3/b4-3+. The Morgan fingerprint density at radius 2 is 2.10 bits per heavy atom. The maximum Gasteiger partial charge on any atom is -0.0242 e. The Morgan fingerprint density at radius 3 is 2.60 bits per heavy atom. The number of hydrogen-bond donors (Lipinski definition) is 0. The SMILES string of the molecule is C/C=C/C1=CC=C(C)CC1. The molecular weight excluding hydrogens is 120 g/mol. The van der Waals surface area contributed by atoms with E-state index in [1.54, 1.807) is 0 Å². The summed E-state index contributed by atoms with van der Waals surface area (Å²) in [6, 6.07) is 0. The van der Waals surface area contributed by atoms with Gasteiger partial charge in [-0.2, -0.15) is 0 Å². The molecule has 0 aromatic rings. The van der Waals surface area contributed by atoms with Gasteiger partial charge in [0, 0.05) is 0 Å². The molecule has 0 bridgehead atoms. The zero-order chi connectivity index (χ0) is 7.40. The fourth-order valence-electron chi connectivity index (χ4n) is 1.11. The third-order valence-electron chi connectivity index (χ3n) is 1.77. The lowest BCUT2D eigenvalue weighted by atomic mass is 9.99. The highest BCUT2D eigenvalue weighted by Gasteiger charge is 1.98. The van der Waals surface area contributed by atoms with Gasteiger partial charge in [0.25, 0.3) is 0 Å². The van der Waals surface area contributed by atoms with Crippen LogP contribution in [0, 0.1) is 0 Å². The number of rotatable bonds is 1. The van der Waals surface area contributed by atoms with Gasteiger partial charge in [-0.3, -0.25) is 0 Å². The van der Waals surface area contributed by atoms with Crippen molar-refractivity contribution in [1.29, 1.82) is 0 Å². The molecule has 0 N–H and O–H groups in total. The van der Waals surface area contributed by atoms with Gasteiger partial charge in [-0.1, -0.05) is 29.9 Å². The molecule has 0 heteroatoms. The molecule has 1 aliphatic rings. The first-order chi connectivity index (χ1) is 4.83. The maximum absolute atomic E-state index is 2.21. The van der Waals surface area contributed by atoms with Crippen molar-refractivity contribution in [2.24, 2.45) is 0 Å². The smallest absolute Gasteiger partial charge is 0.0242 e. The van der Waals surface area contributed by atoms with Gasteiger partial charge in [0.15, 0.2) is 0 Å². The zero-order valence-electron chi connectivity index (χ0n) is 6.72. The van der Waals surface area contributed by atoms with Crippen LogP contribution in [0.2, 0.25) is 0 Å². The molecule has 1 rings (SSSR count). The van der Waals surface area contributed by atoms with Crippen LogP contribution in [-0.2, 0) is 0 Å². The van der Waals surface area contributed by atoms with Crippen LogP contribution >= 0.6 is 0 Å². The van der Waals surface area contributed by atoms with Crippen LogP contribution in [0.3, 0.4) is 0 Å². The monoisotopic (exact) mass is 134 g/mol. The van der Waals surface area contributed by atoms with E-state index in [0.717, 1.165) is 0 Å². The van der Waals surface area contributed by atoms with Crippen LogP contribution in [0.25, 0.3) is 0 Å². The topological polar surface area (TPSA) is 0 Å². The minimum atomic E-state index is 1.21. The lowest BCUT2D eigenvalue weighted by molar-refractivity contribution is 0.927. The fraction of sp³-hybridized carbons (Fsp3) is 0.400. The van der Waals surface area contributed by atoms with E-state index in [9.17, 15) is 0 Å². The molecule has 0 heterocycles. The minimum absolute atomic E-state index is 1.21. The Hall–Kier alpha value is -0.780. The summed E-state index contributed by atoms with van der Waals surface area (Å²) in [4.78, 5) is 0. The van der Waals surface area contributed by atoms with Crippen molar-refractivity contribution >= 4 is 0 Å². The normalized spacial score (nSPS) is 19.0. The molecule has 0 aliphatic heterocycles. The molecule has 0 aromatic carbocycles. The highest BCUT2D eigenvalue weighted by molar-refractivity contribution is 5.29. The Morgan fingerprint density at radius 1 is 1.30 bits per heavy atom. The van der Waals surface area contributed by atoms with E-state index in [-0.39, 0.29) is 0 Å². The highest BCUT2D eigenvalue weighted by atomic mass is 14.0. The second-order valence-corrected chi connectivity index (χ2v) is 2.75. The molecule has 0 fully saturated rings. The molecule has 0 radical (unpaired) electrons. The Bertz CT molecular complexity index is 192. The first-order valence-corrected chi connectivity index (χ1v) is 3.82. The predicted octanol–water partition coefficient (Wildman–Crippen LogP) is 3.23. The fourth-order valence-corrected chi connectivity index (χ4v) is 1.11. The lowest BCUT2D eigenvalue weighted by Crippen LogP contribution is -1.87. The summed E-state index contributed by atoms with van der Waals surface area (Å²) in [5.74, 6) is 0. The maximum atomic E-state index is 2.21. The molecule has 0 nitrogen and oxygen atoms in total. The average Bonchev–Trinajstić information content (AvgIpc) is 1.95. The van der Waals surface area contributed by atoms with Crippen LogP contribution in [0.15, 0.2) is 35.5 Å². The van der Waals surface area contributed by atoms with E-state index < -0.39 is 0 Å². The summed E-state index contributed by atoms with van der Waals surface area (Å²) in [5, 5.41) is 0. The second kappa shape index (κ2) is 3.40. The quantitative estimate of drug-likeness (QED) is 0.516. The molecule has 54 valence electrons. The van der Waals surface area contributed by atoms with Crippen molar-refractivity contribution in [3.8, 4) is 0 Å². The number of hydrogen-bond acceptors (Lipinski definition) is 0. The van der Waals surface area contributed by atoms with E-state index >= 15 is 0 Å². The molecule has 0 atom stereocenters. The van der Waals surface area contributed by atoms with Gasteiger partial charge in [0.05, 0.1) is 0 Å². The van der Waals surface area contributed by atoms with E-state index in [4.69, 9.17) is 0 Å². The molecule has 1 aliphatic carbocycles. The van der Waals surface area contributed by atoms with Crippen LogP contribution in [0.5, 0.6) is 0 Å². The van der Waals surface area contributed by atoms with Crippen LogP contribution < -0.4 is 0 Å².